The molecule has 0 radical (unpaired) electrons. The Hall–Kier alpha value is -2.11. The average molecular weight is 367 g/mol. The van der Waals surface area contributed by atoms with Crippen LogP contribution in [0.4, 0.5) is 0 Å². The number of carbonyl (C=O) groups is 1. The van der Waals surface area contributed by atoms with Crippen LogP contribution in [-0.4, -0.2) is 61.6 Å². The molecule has 0 bridgehead atoms. The highest BCUT2D eigenvalue weighted by Crippen LogP contribution is 2.33. The smallest absolute Gasteiger partial charge is 0.220 e. The van der Waals surface area contributed by atoms with Crippen LogP contribution in [0.3, 0.4) is 0 Å². The maximum Gasteiger partial charge on any atom is 0.220 e. The molecule has 5 nitrogen and oxygen atoms in total. The highest BCUT2D eigenvalue weighted by atomic mass is 16.5. The summed E-state index contributed by atoms with van der Waals surface area (Å²) in [6.45, 7) is 4.82. The fourth-order valence-electron chi connectivity index (χ4n) is 4.70. The average Bonchev–Trinajstić information content (AvgIpc) is 2.87. The van der Waals surface area contributed by atoms with E-state index in [1.165, 1.54) is 16.3 Å². The van der Waals surface area contributed by atoms with E-state index in [4.69, 9.17) is 4.74 Å². The molecule has 1 spiro atoms. The lowest BCUT2D eigenvalue weighted by Gasteiger charge is -2.49. The summed E-state index contributed by atoms with van der Waals surface area (Å²) >= 11 is 0. The Kier molecular flexibility index (Phi) is 5.06. The molecule has 1 atom stereocenters. The van der Waals surface area contributed by atoms with Gasteiger partial charge in [0.25, 0.3) is 0 Å². The normalized spacial score (nSPS) is 24.7. The largest absolute Gasteiger partial charge is 0.496 e. The quantitative estimate of drug-likeness (QED) is 0.906. The van der Waals surface area contributed by atoms with E-state index in [1.807, 2.05) is 0 Å². The second kappa shape index (κ2) is 7.49. The zero-order chi connectivity index (χ0) is 18.9. The van der Waals surface area contributed by atoms with Crippen molar-refractivity contribution in [1.82, 2.24) is 15.1 Å². The van der Waals surface area contributed by atoms with Crippen LogP contribution in [0.2, 0.25) is 0 Å². The summed E-state index contributed by atoms with van der Waals surface area (Å²) in [5.74, 6) is 1.12. The van der Waals surface area contributed by atoms with E-state index < -0.39 is 0 Å². The number of hydrogen-bond donors (Lipinski definition) is 1. The van der Waals surface area contributed by atoms with Crippen LogP contribution in [0.5, 0.6) is 5.75 Å². The van der Waals surface area contributed by atoms with Gasteiger partial charge in [-0.2, -0.15) is 0 Å². The lowest BCUT2D eigenvalue weighted by molar-refractivity contribution is -0.121. The molecule has 1 N–H and O–H groups in total. The molecular weight excluding hydrogens is 338 g/mol. The molecule has 1 amide bonds. The van der Waals surface area contributed by atoms with Crippen molar-refractivity contribution < 1.29 is 9.53 Å². The Morgan fingerprint density at radius 3 is 2.74 bits per heavy atom. The third kappa shape index (κ3) is 3.54. The molecule has 5 heteroatoms. The first-order valence-corrected chi connectivity index (χ1v) is 9.86. The zero-order valence-corrected chi connectivity index (χ0v) is 16.3. The lowest BCUT2D eigenvalue weighted by Crippen LogP contribution is -2.60. The summed E-state index contributed by atoms with van der Waals surface area (Å²) in [5, 5.41) is 5.48. The van der Waals surface area contributed by atoms with Gasteiger partial charge in [-0.05, 0) is 36.9 Å². The van der Waals surface area contributed by atoms with E-state index in [9.17, 15) is 4.79 Å². The van der Waals surface area contributed by atoms with E-state index in [-0.39, 0.29) is 11.4 Å². The highest BCUT2D eigenvalue weighted by molar-refractivity contribution is 5.91. The molecule has 2 aromatic carbocycles. The van der Waals surface area contributed by atoms with Crippen LogP contribution in [0, 0.1) is 0 Å². The highest BCUT2D eigenvalue weighted by Gasteiger charge is 2.40. The summed E-state index contributed by atoms with van der Waals surface area (Å²) in [5.41, 5.74) is 1.44. The number of piperazine rings is 1. The number of fused-ring (bicyclic) bond motifs is 1. The molecule has 0 saturated carbocycles. The lowest BCUT2D eigenvalue weighted by atomic mass is 9.86. The van der Waals surface area contributed by atoms with Crippen molar-refractivity contribution in [3.8, 4) is 5.75 Å². The van der Waals surface area contributed by atoms with Crippen molar-refractivity contribution in [2.45, 2.75) is 31.3 Å². The van der Waals surface area contributed by atoms with Crippen LogP contribution in [0.15, 0.2) is 36.4 Å². The molecule has 2 aliphatic rings. The standard InChI is InChI=1S/C22H29N3O2/c1-24-13-14-25(16-22(24)10-9-21(26)23-12-11-22)15-17-7-8-20(27-2)19-6-4-3-5-18(17)19/h3-8H,9-16H2,1-2H3,(H,23,26)/t22-/m1/s1. The number of nitrogens with zero attached hydrogens (tertiary/aromatic N) is 2. The summed E-state index contributed by atoms with van der Waals surface area (Å²) in [4.78, 5) is 16.9. The number of benzene rings is 2. The van der Waals surface area contributed by atoms with E-state index >= 15 is 0 Å². The van der Waals surface area contributed by atoms with E-state index in [0.717, 1.165) is 51.3 Å². The zero-order valence-electron chi connectivity index (χ0n) is 16.3. The van der Waals surface area contributed by atoms with Crippen molar-refractivity contribution in [2.75, 3.05) is 40.3 Å². The molecule has 2 aliphatic heterocycles. The van der Waals surface area contributed by atoms with Crippen molar-refractivity contribution >= 4 is 16.7 Å². The predicted molar refractivity (Wildman–Crippen MR) is 108 cm³/mol. The van der Waals surface area contributed by atoms with Gasteiger partial charge in [-0.25, -0.2) is 0 Å². The third-order valence-electron chi connectivity index (χ3n) is 6.40. The second-order valence-electron chi connectivity index (χ2n) is 7.93. The number of likely N-dealkylation sites (N-methyl/N-ethyl adjacent to an activating group) is 1. The number of hydrogen-bond acceptors (Lipinski definition) is 4. The number of amides is 1. The fourth-order valence-corrected chi connectivity index (χ4v) is 4.70. The summed E-state index contributed by atoms with van der Waals surface area (Å²) in [6.07, 6.45) is 2.59. The van der Waals surface area contributed by atoms with Crippen LogP contribution < -0.4 is 10.1 Å². The first-order valence-electron chi connectivity index (χ1n) is 9.86. The molecule has 2 heterocycles. The monoisotopic (exact) mass is 367 g/mol. The molecule has 2 aromatic rings. The topological polar surface area (TPSA) is 44.8 Å². The minimum absolute atomic E-state index is 0.0969. The van der Waals surface area contributed by atoms with Crippen LogP contribution >= 0.6 is 0 Å². The van der Waals surface area contributed by atoms with Gasteiger partial charge in [0.2, 0.25) is 5.91 Å². The van der Waals surface area contributed by atoms with Crippen molar-refractivity contribution in [2.24, 2.45) is 0 Å². The minimum Gasteiger partial charge on any atom is -0.496 e. The van der Waals surface area contributed by atoms with E-state index in [1.54, 1.807) is 7.11 Å². The van der Waals surface area contributed by atoms with Gasteiger partial charge in [0.05, 0.1) is 7.11 Å². The van der Waals surface area contributed by atoms with E-state index in [2.05, 4.69) is 58.6 Å². The Morgan fingerprint density at radius 1 is 1.11 bits per heavy atom. The van der Waals surface area contributed by atoms with Gasteiger partial charge in [-0.1, -0.05) is 30.3 Å². The molecule has 0 unspecified atom stereocenters. The first-order chi connectivity index (χ1) is 13.1. The Bertz CT molecular complexity index is 837. The first kappa shape index (κ1) is 18.3. The minimum atomic E-state index is 0.0969. The molecule has 0 aromatic heterocycles. The van der Waals surface area contributed by atoms with Gasteiger partial charge in [0.1, 0.15) is 5.75 Å². The van der Waals surface area contributed by atoms with Gasteiger partial charge in [-0.15, -0.1) is 0 Å². The Labute approximate surface area is 161 Å². The SMILES string of the molecule is COc1ccc(CN2CCN(C)[C@]3(CCNC(=O)CC3)C2)c2ccccc12. The maximum absolute atomic E-state index is 11.8. The van der Waals surface area contributed by atoms with Gasteiger partial charge in [-0.3, -0.25) is 14.6 Å². The van der Waals surface area contributed by atoms with Crippen molar-refractivity contribution in [3.63, 3.8) is 0 Å². The van der Waals surface area contributed by atoms with Crippen LogP contribution in [0.25, 0.3) is 10.8 Å². The van der Waals surface area contributed by atoms with Crippen molar-refractivity contribution in [1.29, 1.82) is 0 Å². The molecule has 2 saturated heterocycles. The number of nitrogens with one attached hydrogen (secondary N) is 1. The van der Waals surface area contributed by atoms with Crippen LogP contribution in [0.1, 0.15) is 24.8 Å². The molecule has 0 aliphatic carbocycles. The number of rotatable bonds is 3. The summed E-state index contributed by atoms with van der Waals surface area (Å²) in [6, 6.07) is 12.8. The summed E-state index contributed by atoms with van der Waals surface area (Å²) in [7, 11) is 3.95. The number of carbonyl (C=O) groups excluding carboxylic acids is 1. The number of methoxy groups -OCH3 is 1. The van der Waals surface area contributed by atoms with Crippen LogP contribution in [-0.2, 0) is 11.3 Å². The Morgan fingerprint density at radius 2 is 1.93 bits per heavy atom. The van der Waals surface area contributed by atoms with Gasteiger partial charge < -0.3 is 10.1 Å². The molecule has 27 heavy (non-hydrogen) atoms. The van der Waals surface area contributed by atoms with Gasteiger partial charge in [0.15, 0.2) is 0 Å². The Balaban J connectivity index is 1.58. The van der Waals surface area contributed by atoms with Gasteiger partial charge >= 0.3 is 0 Å². The van der Waals surface area contributed by atoms with Gasteiger partial charge in [0, 0.05) is 50.1 Å². The van der Waals surface area contributed by atoms with E-state index in [0.29, 0.717) is 6.42 Å². The third-order valence-corrected chi connectivity index (χ3v) is 6.40. The number of ether oxygens (including phenoxy) is 1. The maximum atomic E-state index is 11.8. The molecule has 2 fully saturated rings. The molecule has 144 valence electrons. The molecule has 4 rings (SSSR count). The summed E-state index contributed by atoms with van der Waals surface area (Å²) < 4.78 is 5.54. The second-order valence-corrected chi connectivity index (χ2v) is 7.93. The molecular formula is C22H29N3O2. The van der Waals surface area contributed by atoms with Crippen molar-refractivity contribution in [3.05, 3.63) is 42.0 Å². The fraction of sp³-hybridized carbons (Fsp3) is 0.500. The predicted octanol–water partition coefficient (Wildman–Crippen LogP) is 2.63.